The van der Waals surface area contributed by atoms with Gasteiger partial charge in [0.15, 0.2) is 16.6 Å². The van der Waals surface area contributed by atoms with E-state index in [-0.39, 0.29) is 35.4 Å². The van der Waals surface area contributed by atoms with Gasteiger partial charge in [-0.15, -0.1) is 11.3 Å². The highest BCUT2D eigenvalue weighted by Crippen LogP contribution is 2.37. The lowest BCUT2D eigenvalue weighted by Crippen LogP contribution is -2.72. The van der Waals surface area contributed by atoms with Crippen molar-refractivity contribution in [3.8, 4) is 0 Å². The van der Waals surface area contributed by atoms with E-state index in [9.17, 15) is 28.8 Å². The molecule has 18 nitrogen and oxygen atoms in total. The van der Waals surface area contributed by atoms with Gasteiger partial charge in [0.2, 0.25) is 23.2 Å². The van der Waals surface area contributed by atoms with E-state index >= 15 is 0 Å². The zero-order valence-electron chi connectivity index (χ0n) is 32.9. The second-order valence-electron chi connectivity index (χ2n) is 14.1. The predicted octanol–water partition coefficient (Wildman–Crippen LogP) is 3.68. The number of allylic oxidation sites excluding steroid dienone is 1. The summed E-state index contributed by atoms with van der Waals surface area (Å²) >= 11 is 0.984. The quantitative estimate of drug-likeness (QED) is 0.0191. The third kappa shape index (κ3) is 14.6. The number of esters is 1. The Hall–Kier alpha value is -5.04. The minimum Gasteiger partial charge on any atom is -0.488 e. The first-order valence-electron chi connectivity index (χ1n) is 18.9. The lowest BCUT2D eigenvalue weighted by Gasteiger charge is -2.37. The summed E-state index contributed by atoms with van der Waals surface area (Å²) in [6.45, 7) is 11.9. The number of nitrogens with one attached hydrogen (secondary N) is 5. The van der Waals surface area contributed by atoms with E-state index < -0.39 is 58.9 Å². The zero-order chi connectivity index (χ0) is 41.1. The highest BCUT2D eigenvalue weighted by atomic mass is 32.1. The number of hydrogen-bond donors (Lipinski definition) is 5. The summed E-state index contributed by atoms with van der Waals surface area (Å²) in [5, 5.41) is 15.9. The van der Waals surface area contributed by atoms with Crippen molar-refractivity contribution in [2.75, 3.05) is 31.7 Å². The number of carbonyl (C=O) groups excluding carboxylic acids is 6. The molecule has 2 fully saturated rings. The SMILES string of the molecule is CCCCON/C=C(/OCCCC)C(=O)/C=C/C(=O)NC[C@H]1NC(=O)[C@H]1NC(=O)/C(=N\OC1(C(=O)OCCCC)CCC1)c1csc(NC(=O)OC(C)(C)C)n1. The van der Waals surface area contributed by atoms with E-state index in [1.165, 1.54) is 11.6 Å². The van der Waals surface area contributed by atoms with Crippen LogP contribution in [0.15, 0.2) is 34.6 Å². The fourth-order valence-corrected chi connectivity index (χ4v) is 5.49. The molecule has 0 spiro atoms. The molecular formula is C37H55N7O11S. The van der Waals surface area contributed by atoms with Gasteiger partial charge >= 0.3 is 12.1 Å². The van der Waals surface area contributed by atoms with E-state index in [4.69, 9.17) is 23.9 Å². The Bertz CT molecular complexity index is 1610. The number of β-lactam (4-membered cyclic amide) rings is 1. The largest absolute Gasteiger partial charge is 0.488 e. The molecule has 1 saturated heterocycles. The van der Waals surface area contributed by atoms with Gasteiger partial charge in [-0.2, -0.15) is 0 Å². The maximum absolute atomic E-state index is 13.7. The summed E-state index contributed by atoms with van der Waals surface area (Å²) in [5.74, 6) is -3.23. The molecule has 19 heteroatoms. The Kier molecular flexibility index (Phi) is 18.2. The van der Waals surface area contributed by atoms with Crippen LogP contribution in [0.2, 0.25) is 0 Å². The van der Waals surface area contributed by atoms with Gasteiger partial charge in [-0.3, -0.25) is 34.8 Å². The number of unbranched alkanes of at least 4 members (excludes halogenated alkanes) is 3. The smallest absolute Gasteiger partial charge is 0.413 e. The Balaban J connectivity index is 1.70. The fraction of sp³-hybridized carbons (Fsp3) is 0.622. The monoisotopic (exact) mass is 805 g/mol. The van der Waals surface area contributed by atoms with Gasteiger partial charge in [-0.05, 0) is 52.5 Å². The number of carbonyl (C=O) groups is 6. The van der Waals surface area contributed by atoms with Crippen LogP contribution in [-0.4, -0.2) is 95.9 Å². The van der Waals surface area contributed by atoms with E-state index in [1.807, 2.05) is 20.8 Å². The lowest BCUT2D eigenvalue weighted by atomic mass is 9.80. The first-order chi connectivity index (χ1) is 26.7. The molecule has 1 saturated carbocycles. The number of oxime groups is 1. The number of hydroxylamine groups is 1. The summed E-state index contributed by atoms with van der Waals surface area (Å²) < 4.78 is 16.2. The number of ketones is 1. The Morgan fingerprint density at radius 2 is 1.68 bits per heavy atom. The van der Waals surface area contributed by atoms with Crippen LogP contribution in [0.3, 0.4) is 0 Å². The molecule has 1 aromatic rings. The standard InChI is InChI=1S/C37H55N7O11S/c1-7-10-18-51-27(22-39-53-20-12-9-3)26(45)14-15-28(46)38-21-24-29(31(47)40-24)42-32(48)30(25-23-56-34(41-25)43-35(50)54-36(4,5)6)44-55-37(16-13-17-37)33(49)52-19-11-8-2/h14-15,22-24,29,39H,7-13,16-21H2,1-6H3,(H,38,46)(H,40,47)(H,42,48)(H,41,43,50)/b15-14+,27-22+,44-30-/t24-,29+/m1/s1. The minimum atomic E-state index is -1.39. The van der Waals surface area contributed by atoms with Crippen LogP contribution in [0.25, 0.3) is 0 Å². The molecule has 0 unspecified atom stereocenters. The Labute approximate surface area is 330 Å². The maximum Gasteiger partial charge on any atom is 0.413 e. The first-order valence-corrected chi connectivity index (χ1v) is 19.8. The molecule has 1 aromatic heterocycles. The molecule has 1 aliphatic heterocycles. The van der Waals surface area contributed by atoms with Gasteiger partial charge in [-0.1, -0.05) is 45.2 Å². The van der Waals surface area contributed by atoms with Crippen molar-refractivity contribution >= 4 is 57.7 Å². The molecule has 3 rings (SSSR count). The van der Waals surface area contributed by atoms with E-state index in [0.29, 0.717) is 38.9 Å². The van der Waals surface area contributed by atoms with Gasteiger partial charge in [0.25, 0.3) is 5.91 Å². The number of thiazole rings is 1. The van der Waals surface area contributed by atoms with Crippen molar-refractivity contribution in [2.45, 2.75) is 123 Å². The summed E-state index contributed by atoms with van der Waals surface area (Å²) in [4.78, 5) is 92.4. The molecule has 310 valence electrons. The first kappa shape index (κ1) is 45.4. The maximum atomic E-state index is 13.7. The number of nitrogens with zero attached hydrogens (tertiary/aromatic N) is 2. The van der Waals surface area contributed by atoms with Crippen LogP contribution >= 0.6 is 11.3 Å². The minimum absolute atomic E-state index is 0.0124. The molecule has 5 N–H and O–H groups in total. The number of amides is 4. The second-order valence-corrected chi connectivity index (χ2v) is 14.9. The zero-order valence-corrected chi connectivity index (χ0v) is 33.8. The van der Waals surface area contributed by atoms with Crippen LogP contribution in [0.5, 0.6) is 0 Å². The van der Waals surface area contributed by atoms with Crippen molar-refractivity contribution in [1.29, 1.82) is 0 Å². The molecule has 0 radical (unpaired) electrons. The molecule has 1 aliphatic carbocycles. The fourth-order valence-electron chi connectivity index (χ4n) is 4.81. The molecule has 56 heavy (non-hydrogen) atoms. The highest BCUT2D eigenvalue weighted by Gasteiger charge is 2.50. The lowest BCUT2D eigenvalue weighted by molar-refractivity contribution is -0.185. The van der Waals surface area contributed by atoms with Crippen LogP contribution in [0, 0.1) is 0 Å². The Morgan fingerprint density at radius 1 is 1.00 bits per heavy atom. The van der Waals surface area contributed by atoms with Crippen molar-refractivity contribution in [3.05, 3.63) is 35.2 Å². The Morgan fingerprint density at radius 3 is 2.30 bits per heavy atom. The van der Waals surface area contributed by atoms with Crippen molar-refractivity contribution < 1.29 is 52.7 Å². The topological polar surface area (TPSA) is 234 Å². The number of ether oxygens (including phenoxy) is 3. The molecule has 2 aliphatic rings. The normalized spacial score (nSPS) is 17.8. The molecule has 2 heterocycles. The van der Waals surface area contributed by atoms with Crippen LogP contribution in [-0.2, 0) is 47.9 Å². The van der Waals surface area contributed by atoms with Gasteiger partial charge in [-0.25, -0.2) is 14.6 Å². The van der Waals surface area contributed by atoms with Crippen LogP contribution < -0.4 is 26.7 Å². The summed E-state index contributed by atoms with van der Waals surface area (Å²) in [7, 11) is 0. The number of anilines is 1. The third-order valence-corrected chi connectivity index (χ3v) is 8.96. The van der Waals surface area contributed by atoms with E-state index in [1.54, 1.807) is 20.8 Å². The van der Waals surface area contributed by atoms with Crippen LogP contribution in [0.1, 0.15) is 105 Å². The number of hydrogen-bond acceptors (Lipinski definition) is 15. The highest BCUT2D eigenvalue weighted by molar-refractivity contribution is 7.14. The van der Waals surface area contributed by atoms with Gasteiger partial charge in [0.1, 0.15) is 17.3 Å². The van der Waals surface area contributed by atoms with Gasteiger partial charge < -0.3 is 35.0 Å². The van der Waals surface area contributed by atoms with Crippen molar-refractivity contribution in [2.24, 2.45) is 5.16 Å². The molecule has 2 atom stereocenters. The second kappa shape index (κ2) is 22.5. The third-order valence-electron chi connectivity index (χ3n) is 8.20. The molecule has 0 bridgehead atoms. The predicted molar refractivity (Wildman–Crippen MR) is 206 cm³/mol. The molecule has 0 aromatic carbocycles. The van der Waals surface area contributed by atoms with Gasteiger partial charge in [0, 0.05) is 30.8 Å². The number of rotatable bonds is 24. The molecule has 4 amide bonds. The average molecular weight is 806 g/mol. The average Bonchev–Trinajstić information content (AvgIpc) is 3.58. The van der Waals surface area contributed by atoms with E-state index in [0.717, 1.165) is 55.6 Å². The summed E-state index contributed by atoms with van der Waals surface area (Å²) in [6, 6.07) is -1.83. The van der Waals surface area contributed by atoms with Crippen molar-refractivity contribution in [1.82, 2.24) is 26.4 Å². The van der Waals surface area contributed by atoms with E-state index in [2.05, 4.69) is 36.9 Å². The molecular weight excluding hydrogens is 751 g/mol. The summed E-state index contributed by atoms with van der Waals surface area (Å²) in [6.07, 6.45) is 8.77. The number of aromatic nitrogens is 1. The van der Waals surface area contributed by atoms with Crippen LogP contribution in [0.4, 0.5) is 9.93 Å². The summed E-state index contributed by atoms with van der Waals surface area (Å²) in [5.41, 5.74) is 0.0412. The van der Waals surface area contributed by atoms with Crippen molar-refractivity contribution in [3.63, 3.8) is 0 Å². The van der Waals surface area contributed by atoms with Gasteiger partial charge in [0.05, 0.1) is 32.1 Å².